The van der Waals surface area contributed by atoms with E-state index >= 15 is 0 Å². The molecule has 0 spiro atoms. The third-order valence-corrected chi connectivity index (χ3v) is 3.28. The Bertz CT molecular complexity index is 392. The van der Waals surface area contributed by atoms with Gasteiger partial charge in [-0.1, -0.05) is 6.07 Å². The predicted octanol–water partition coefficient (Wildman–Crippen LogP) is 1.26. The molecule has 1 heterocycles. The van der Waals surface area contributed by atoms with E-state index in [9.17, 15) is 0 Å². The first kappa shape index (κ1) is 14.1. The highest BCUT2D eigenvalue weighted by molar-refractivity contribution is 5.43. The lowest BCUT2D eigenvalue weighted by molar-refractivity contribution is 0.141. The summed E-state index contributed by atoms with van der Waals surface area (Å²) in [6, 6.07) is 5.94. The first-order valence-electron chi connectivity index (χ1n) is 6.69. The van der Waals surface area contributed by atoms with Crippen LogP contribution in [0.2, 0.25) is 0 Å². The number of hydrogen-bond acceptors (Lipinski definition) is 5. The van der Waals surface area contributed by atoms with Crippen molar-refractivity contribution in [3.63, 3.8) is 0 Å². The van der Waals surface area contributed by atoms with Gasteiger partial charge in [-0.3, -0.25) is 0 Å². The second-order valence-electron chi connectivity index (χ2n) is 4.69. The lowest BCUT2D eigenvalue weighted by Crippen LogP contribution is -2.37. The fourth-order valence-electron chi connectivity index (χ4n) is 2.25. The van der Waals surface area contributed by atoms with Crippen molar-refractivity contribution in [2.24, 2.45) is 5.90 Å². The topological polar surface area (TPSA) is 65.7 Å². The molecule has 1 aromatic carbocycles. The van der Waals surface area contributed by atoms with Crippen LogP contribution in [-0.2, 0) is 11.3 Å². The minimum absolute atomic E-state index is 0.212. The van der Waals surface area contributed by atoms with E-state index in [1.807, 2.05) is 18.2 Å². The lowest BCUT2D eigenvalue weighted by Gasteiger charge is -2.25. The van der Waals surface area contributed by atoms with Crippen LogP contribution < -0.4 is 20.7 Å². The van der Waals surface area contributed by atoms with Gasteiger partial charge in [0.2, 0.25) is 0 Å². The maximum atomic E-state index is 6.04. The van der Waals surface area contributed by atoms with Crippen LogP contribution in [0.4, 0.5) is 0 Å². The maximum absolute atomic E-state index is 6.04. The molecule has 1 fully saturated rings. The minimum atomic E-state index is 0.212. The second-order valence-corrected chi connectivity index (χ2v) is 4.69. The van der Waals surface area contributed by atoms with Crippen molar-refractivity contribution in [1.29, 1.82) is 0 Å². The Morgan fingerprint density at radius 3 is 2.95 bits per heavy atom. The average Bonchev–Trinajstić information content (AvgIpc) is 2.46. The largest absolute Gasteiger partial charge is 0.493 e. The highest BCUT2D eigenvalue weighted by atomic mass is 16.6. The summed E-state index contributed by atoms with van der Waals surface area (Å²) in [4.78, 5) is 4.61. The molecule has 2 rings (SSSR count). The minimum Gasteiger partial charge on any atom is -0.493 e. The quantitative estimate of drug-likeness (QED) is 0.759. The first-order valence-corrected chi connectivity index (χ1v) is 6.69. The van der Waals surface area contributed by atoms with Crippen LogP contribution in [0.15, 0.2) is 18.2 Å². The predicted molar refractivity (Wildman–Crippen MR) is 73.4 cm³/mol. The van der Waals surface area contributed by atoms with Gasteiger partial charge in [0.15, 0.2) is 11.5 Å². The van der Waals surface area contributed by atoms with Gasteiger partial charge in [-0.15, -0.1) is 0 Å². The molecule has 5 nitrogen and oxygen atoms in total. The summed E-state index contributed by atoms with van der Waals surface area (Å²) in [5, 5.41) is 3.34. The lowest BCUT2D eigenvalue weighted by atomic mass is 10.1. The molecule has 1 saturated heterocycles. The fourth-order valence-corrected chi connectivity index (χ4v) is 2.25. The van der Waals surface area contributed by atoms with Gasteiger partial charge in [-0.05, 0) is 43.5 Å². The molecule has 0 radical (unpaired) electrons. The number of rotatable bonds is 6. The van der Waals surface area contributed by atoms with E-state index in [4.69, 9.17) is 15.4 Å². The maximum Gasteiger partial charge on any atom is 0.161 e. The van der Waals surface area contributed by atoms with E-state index in [2.05, 4.69) is 10.2 Å². The number of ether oxygens (including phenoxy) is 2. The number of benzene rings is 1. The number of nitrogens with two attached hydrogens (primary N) is 1. The first-order chi connectivity index (χ1) is 9.33. The van der Waals surface area contributed by atoms with Crippen LogP contribution in [0.3, 0.4) is 0 Å². The van der Waals surface area contributed by atoms with Crippen molar-refractivity contribution in [2.45, 2.75) is 25.4 Å². The second kappa shape index (κ2) is 7.33. The van der Waals surface area contributed by atoms with Crippen LogP contribution in [0.5, 0.6) is 11.5 Å². The molecule has 0 aliphatic carbocycles. The van der Waals surface area contributed by atoms with Crippen LogP contribution in [0.25, 0.3) is 0 Å². The number of piperidine rings is 1. The molecule has 1 unspecified atom stereocenters. The van der Waals surface area contributed by atoms with E-state index in [1.54, 1.807) is 7.11 Å². The Labute approximate surface area is 114 Å². The smallest absolute Gasteiger partial charge is 0.161 e. The normalized spacial score (nSPS) is 19.2. The van der Waals surface area contributed by atoms with Gasteiger partial charge in [0.25, 0.3) is 0 Å². The summed E-state index contributed by atoms with van der Waals surface area (Å²) in [6.45, 7) is 2.46. The van der Waals surface area contributed by atoms with Crippen LogP contribution in [0.1, 0.15) is 18.4 Å². The van der Waals surface area contributed by atoms with Crippen molar-refractivity contribution < 1.29 is 14.3 Å². The molecule has 1 atom stereocenters. The number of hydrogen-bond donors (Lipinski definition) is 2. The Hall–Kier alpha value is -1.30. The van der Waals surface area contributed by atoms with Crippen LogP contribution >= 0.6 is 0 Å². The highest BCUT2D eigenvalue weighted by Gasteiger charge is 2.16. The Balaban J connectivity index is 2.06. The molecular weight excluding hydrogens is 244 g/mol. The van der Waals surface area contributed by atoms with Gasteiger partial charge in [0.1, 0.15) is 6.10 Å². The third kappa shape index (κ3) is 4.09. The molecule has 106 valence electrons. The molecular formula is C14H22N2O3. The highest BCUT2D eigenvalue weighted by Crippen LogP contribution is 2.30. The standard InChI is InChI=1S/C14H22N2O3/c1-17-13-5-4-11(6-8-18-15)9-14(13)19-12-3-2-7-16-10-12/h4-5,9,12,16H,2-3,6-8,10,15H2,1H3. The number of nitrogens with one attached hydrogen (secondary N) is 1. The monoisotopic (exact) mass is 266 g/mol. The zero-order valence-electron chi connectivity index (χ0n) is 11.4. The molecule has 1 aromatic rings. The zero-order valence-corrected chi connectivity index (χ0v) is 11.4. The molecule has 19 heavy (non-hydrogen) atoms. The van der Waals surface area contributed by atoms with Crippen molar-refractivity contribution in [1.82, 2.24) is 5.32 Å². The van der Waals surface area contributed by atoms with E-state index in [0.29, 0.717) is 6.61 Å². The molecule has 0 aromatic heterocycles. The zero-order chi connectivity index (χ0) is 13.5. The molecule has 3 N–H and O–H groups in total. The number of methoxy groups -OCH3 is 1. The Morgan fingerprint density at radius 2 is 2.26 bits per heavy atom. The fraction of sp³-hybridized carbons (Fsp3) is 0.571. The summed E-state index contributed by atoms with van der Waals surface area (Å²) in [5.41, 5.74) is 1.13. The van der Waals surface area contributed by atoms with Crippen molar-refractivity contribution in [2.75, 3.05) is 26.8 Å². The van der Waals surface area contributed by atoms with Gasteiger partial charge < -0.3 is 19.6 Å². The summed E-state index contributed by atoms with van der Waals surface area (Å²) in [5.74, 6) is 6.62. The Kier molecular flexibility index (Phi) is 5.44. The molecule has 0 amide bonds. The van der Waals surface area contributed by atoms with Crippen LogP contribution in [0, 0.1) is 0 Å². The Morgan fingerprint density at radius 1 is 1.37 bits per heavy atom. The van der Waals surface area contributed by atoms with Crippen LogP contribution in [-0.4, -0.2) is 32.9 Å². The average molecular weight is 266 g/mol. The van der Waals surface area contributed by atoms with Gasteiger partial charge >= 0.3 is 0 Å². The summed E-state index contributed by atoms with van der Waals surface area (Å²) in [7, 11) is 1.66. The molecule has 0 bridgehead atoms. The van der Waals surface area contributed by atoms with E-state index in [0.717, 1.165) is 49.4 Å². The summed E-state index contributed by atoms with van der Waals surface area (Å²) >= 11 is 0. The third-order valence-electron chi connectivity index (χ3n) is 3.28. The van der Waals surface area contributed by atoms with Crippen molar-refractivity contribution in [3.8, 4) is 11.5 Å². The summed E-state index contributed by atoms with van der Waals surface area (Å²) in [6.07, 6.45) is 3.20. The van der Waals surface area contributed by atoms with Gasteiger partial charge in [-0.25, -0.2) is 5.90 Å². The van der Waals surface area contributed by atoms with Gasteiger partial charge in [-0.2, -0.15) is 0 Å². The van der Waals surface area contributed by atoms with E-state index < -0.39 is 0 Å². The SMILES string of the molecule is COc1ccc(CCON)cc1OC1CCCNC1. The van der Waals surface area contributed by atoms with Gasteiger partial charge in [0, 0.05) is 6.54 Å². The van der Waals surface area contributed by atoms with E-state index in [1.165, 1.54) is 0 Å². The van der Waals surface area contributed by atoms with Crippen molar-refractivity contribution in [3.05, 3.63) is 23.8 Å². The van der Waals surface area contributed by atoms with Crippen molar-refractivity contribution >= 4 is 0 Å². The summed E-state index contributed by atoms with van der Waals surface area (Å²) < 4.78 is 11.4. The molecule has 1 aliphatic heterocycles. The molecule has 5 heteroatoms. The van der Waals surface area contributed by atoms with Gasteiger partial charge in [0.05, 0.1) is 13.7 Å². The van der Waals surface area contributed by atoms with E-state index in [-0.39, 0.29) is 6.10 Å². The molecule has 0 saturated carbocycles. The molecule has 1 aliphatic rings.